The van der Waals surface area contributed by atoms with Crippen LogP contribution in [0.5, 0.6) is 0 Å². The molecule has 68 valence electrons. The molecule has 0 amide bonds. The number of hydrogen-bond acceptors (Lipinski definition) is 3. The highest BCUT2D eigenvalue weighted by molar-refractivity contribution is 6.32. The molecule has 0 spiro atoms. The summed E-state index contributed by atoms with van der Waals surface area (Å²) in [6, 6.07) is 0. The molecule has 0 aliphatic carbocycles. The van der Waals surface area contributed by atoms with E-state index in [9.17, 15) is 0 Å². The van der Waals surface area contributed by atoms with Gasteiger partial charge in [-0.05, 0) is 0 Å². The zero-order valence-electron chi connectivity index (χ0n) is 7.63. The van der Waals surface area contributed by atoms with Gasteiger partial charge in [0, 0.05) is 6.42 Å². The number of rotatable bonds is 1. The molecular weight excluding hydrogens is 174 g/mol. The van der Waals surface area contributed by atoms with Crippen molar-refractivity contribution >= 4 is 17.4 Å². The first kappa shape index (κ1) is 11.2. The number of nitrogen functional groups attached to an aromatic ring is 1. The molecule has 0 saturated heterocycles. The molecule has 0 unspecified atom stereocenters. The van der Waals surface area contributed by atoms with Gasteiger partial charge in [-0.3, -0.25) is 0 Å². The average Bonchev–Trinajstić information content (AvgIpc) is 2.13. The molecule has 1 aromatic heterocycles. The van der Waals surface area contributed by atoms with E-state index in [-0.39, 0.29) is 0 Å². The number of nitrogens with zero attached hydrogens (tertiary/aromatic N) is 2. The third-order valence-corrected chi connectivity index (χ3v) is 1.43. The van der Waals surface area contributed by atoms with Crippen LogP contribution in [0.15, 0.2) is 6.20 Å². The van der Waals surface area contributed by atoms with Crippen LogP contribution in [0.1, 0.15) is 26.6 Å². The van der Waals surface area contributed by atoms with Gasteiger partial charge in [0.15, 0.2) is 0 Å². The van der Waals surface area contributed by atoms with Gasteiger partial charge in [0.2, 0.25) is 0 Å². The van der Waals surface area contributed by atoms with Gasteiger partial charge < -0.3 is 5.73 Å². The maximum Gasteiger partial charge on any atom is 0.145 e. The lowest BCUT2D eigenvalue weighted by Crippen LogP contribution is -1.97. The molecule has 0 radical (unpaired) electrons. The van der Waals surface area contributed by atoms with Crippen molar-refractivity contribution in [3.8, 4) is 0 Å². The molecule has 0 saturated carbocycles. The van der Waals surface area contributed by atoms with Gasteiger partial charge >= 0.3 is 0 Å². The highest BCUT2D eigenvalue weighted by Gasteiger charge is 1.97. The van der Waals surface area contributed by atoms with Crippen LogP contribution < -0.4 is 5.73 Å². The molecule has 3 nitrogen and oxygen atoms in total. The normalized spacial score (nSPS) is 8.67. The van der Waals surface area contributed by atoms with Gasteiger partial charge in [0.25, 0.3) is 0 Å². The largest absolute Gasteiger partial charge is 0.382 e. The number of hydrogen-bond donors (Lipinski definition) is 1. The van der Waals surface area contributed by atoms with Crippen LogP contribution >= 0.6 is 11.6 Å². The summed E-state index contributed by atoms with van der Waals surface area (Å²) in [5, 5.41) is 0.414. The Morgan fingerprint density at radius 3 is 2.50 bits per heavy atom. The van der Waals surface area contributed by atoms with E-state index in [1.807, 2.05) is 20.8 Å². The van der Waals surface area contributed by atoms with Crippen molar-refractivity contribution in [1.29, 1.82) is 0 Å². The minimum Gasteiger partial charge on any atom is -0.382 e. The smallest absolute Gasteiger partial charge is 0.145 e. The van der Waals surface area contributed by atoms with Gasteiger partial charge in [-0.25, -0.2) is 9.97 Å². The lowest BCUT2D eigenvalue weighted by Gasteiger charge is -1.97. The second-order valence-electron chi connectivity index (χ2n) is 1.87. The SMILES string of the molecule is CC.CCc1ncc(Cl)c(N)n1. The number of nitrogens with two attached hydrogens (primary N) is 1. The van der Waals surface area contributed by atoms with Crippen LogP contribution in [0.4, 0.5) is 5.82 Å². The van der Waals surface area contributed by atoms with Crippen molar-refractivity contribution < 1.29 is 0 Å². The molecule has 1 heterocycles. The molecular formula is C8H14ClN3. The van der Waals surface area contributed by atoms with Gasteiger partial charge in [-0.2, -0.15) is 0 Å². The fourth-order valence-electron chi connectivity index (χ4n) is 0.589. The Bertz CT molecular complexity index is 238. The number of halogens is 1. The van der Waals surface area contributed by atoms with Crippen LogP contribution in [0.25, 0.3) is 0 Å². The van der Waals surface area contributed by atoms with Crippen molar-refractivity contribution in [1.82, 2.24) is 9.97 Å². The molecule has 0 aliphatic rings. The monoisotopic (exact) mass is 187 g/mol. The Labute approximate surface area is 78.0 Å². The van der Waals surface area contributed by atoms with Crippen LogP contribution in [-0.2, 0) is 6.42 Å². The average molecular weight is 188 g/mol. The Hall–Kier alpha value is -0.830. The Morgan fingerprint density at radius 2 is 2.08 bits per heavy atom. The summed E-state index contributed by atoms with van der Waals surface area (Å²) in [5.41, 5.74) is 5.41. The standard InChI is InChI=1S/C6H8ClN3.C2H6/c1-2-5-9-3-4(7)6(8)10-5;1-2/h3H,2H2,1H3,(H2,8,9,10);1-2H3. The Balaban J connectivity index is 0.000000561. The van der Waals surface area contributed by atoms with Crippen molar-refractivity contribution in [3.63, 3.8) is 0 Å². The minimum atomic E-state index is 0.355. The van der Waals surface area contributed by atoms with Crippen molar-refractivity contribution in [2.24, 2.45) is 0 Å². The maximum atomic E-state index is 5.59. The van der Waals surface area contributed by atoms with Crippen molar-refractivity contribution in [2.75, 3.05) is 5.73 Å². The lowest BCUT2D eigenvalue weighted by molar-refractivity contribution is 0.945. The van der Waals surface area contributed by atoms with E-state index in [2.05, 4.69) is 9.97 Å². The van der Waals surface area contributed by atoms with Gasteiger partial charge in [0.05, 0.1) is 6.20 Å². The first-order chi connectivity index (χ1) is 5.74. The molecule has 2 N–H and O–H groups in total. The lowest BCUT2D eigenvalue weighted by atomic mass is 10.4. The molecule has 0 aromatic carbocycles. The minimum absolute atomic E-state index is 0.355. The second kappa shape index (κ2) is 5.77. The number of aromatic nitrogens is 2. The van der Waals surface area contributed by atoms with E-state index in [0.717, 1.165) is 12.2 Å². The zero-order chi connectivity index (χ0) is 9.56. The molecule has 12 heavy (non-hydrogen) atoms. The predicted octanol–water partition coefficient (Wildman–Crippen LogP) is 2.30. The quantitative estimate of drug-likeness (QED) is 0.734. The van der Waals surface area contributed by atoms with Gasteiger partial charge in [-0.1, -0.05) is 32.4 Å². The van der Waals surface area contributed by atoms with E-state index in [1.54, 1.807) is 0 Å². The highest BCUT2D eigenvalue weighted by Crippen LogP contribution is 2.13. The molecule has 0 atom stereocenters. The van der Waals surface area contributed by atoms with Crippen LogP contribution in [0.2, 0.25) is 5.02 Å². The molecule has 1 aromatic rings. The van der Waals surface area contributed by atoms with Gasteiger partial charge in [0.1, 0.15) is 16.7 Å². The van der Waals surface area contributed by atoms with Crippen molar-refractivity contribution in [2.45, 2.75) is 27.2 Å². The fourth-order valence-corrected chi connectivity index (χ4v) is 0.680. The first-order valence-corrected chi connectivity index (χ1v) is 4.38. The van der Waals surface area contributed by atoms with E-state index < -0.39 is 0 Å². The number of anilines is 1. The molecule has 0 fully saturated rings. The predicted molar refractivity (Wildman–Crippen MR) is 52.2 cm³/mol. The van der Waals surface area contributed by atoms with E-state index in [1.165, 1.54) is 6.20 Å². The van der Waals surface area contributed by atoms with Crippen LogP contribution in [-0.4, -0.2) is 9.97 Å². The summed E-state index contributed by atoms with van der Waals surface area (Å²) < 4.78 is 0. The van der Waals surface area contributed by atoms with Gasteiger partial charge in [-0.15, -0.1) is 0 Å². The summed E-state index contributed by atoms with van der Waals surface area (Å²) in [6.45, 7) is 5.96. The van der Waals surface area contributed by atoms with Crippen LogP contribution in [0.3, 0.4) is 0 Å². The highest BCUT2D eigenvalue weighted by atomic mass is 35.5. The zero-order valence-corrected chi connectivity index (χ0v) is 8.39. The Kier molecular flexibility index (Phi) is 5.37. The third-order valence-electron chi connectivity index (χ3n) is 1.14. The summed E-state index contributed by atoms with van der Waals surface area (Å²) in [6.07, 6.45) is 2.30. The van der Waals surface area contributed by atoms with E-state index in [4.69, 9.17) is 17.3 Å². The number of aryl methyl sites for hydroxylation is 1. The topological polar surface area (TPSA) is 51.8 Å². The van der Waals surface area contributed by atoms with Crippen LogP contribution in [0, 0.1) is 0 Å². The summed E-state index contributed by atoms with van der Waals surface area (Å²) in [4.78, 5) is 7.86. The third kappa shape index (κ3) is 3.05. The molecule has 0 bridgehead atoms. The second-order valence-corrected chi connectivity index (χ2v) is 2.28. The summed E-state index contributed by atoms with van der Waals surface area (Å²) >= 11 is 5.59. The van der Waals surface area contributed by atoms with E-state index in [0.29, 0.717) is 10.8 Å². The molecule has 1 rings (SSSR count). The summed E-state index contributed by atoms with van der Waals surface area (Å²) in [5.74, 6) is 1.08. The van der Waals surface area contributed by atoms with Crippen molar-refractivity contribution in [3.05, 3.63) is 17.0 Å². The fraction of sp³-hybridized carbons (Fsp3) is 0.500. The summed E-state index contributed by atoms with van der Waals surface area (Å²) in [7, 11) is 0. The molecule has 0 aliphatic heterocycles. The first-order valence-electron chi connectivity index (χ1n) is 4.01. The van der Waals surface area contributed by atoms with E-state index >= 15 is 0 Å². The maximum absolute atomic E-state index is 5.59. The Morgan fingerprint density at radius 1 is 1.50 bits per heavy atom. The molecule has 4 heteroatoms.